The molecule has 108 valence electrons. The van der Waals surface area contributed by atoms with E-state index in [2.05, 4.69) is 27.3 Å². The van der Waals surface area contributed by atoms with Crippen LogP contribution in [0.1, 0.15) is 30.1 Å². The topological polar surface area (TPSA) is 45.0 Å². The van der Waals surface area contributed by atoms with Crippen molar-refractivity contribution in [1.82, 2.24) is 5.32 Å². The van der Waals surface area contributed by atoms with Gasteiger partial charge in [-0.05, 0) is 42.3 Å². The van der Waals surface area contributed by atoms with Crippen LogP contribution in [-0.4, -0.2) is 7.11 Å². The Balaban J connectivity index is 2.12. The fourth-order valence-electron chi connectivity index (χ4n) is 2.13. The number of nitrogens with zero attached hydrogens (tertiary/aromatic N) is 1. The molecule has 0 aromatic heterocycles. The maximum absolute atomic E-state index is 9.40. The molecular formula is C17H17BrN2O. The average molecular weight is 345 g/mol. The van der Waals surface area contributed by atoms with Crippen molar-refractivity contribution in [3.8, 4) is 11.8 Å². The molecule has 0 aliphatic rings. The molecule has 0 radical (unpaired) electrons. The zero-order valence-electron chi connectivity index (χ0n) is 12.0. The summed E-state index contributed by atoms with van der Waals surface area (Å²) in [5, 5.41) is 12.7. The van der Waals surface area contributed by atoms with Crippen LogP contribution in [0.5, 0.6) is 5.75 Å². The van der Waals surface area contributed by atoms with Crippen molar-refractivity contribution >= 4 is 15.9 Å². The quantitative estimate of drug-likeness (QED) is 0.875. The summed E-state index contributed by atoms with van der Waals surface area (Å²) < 4.78 is 6.13. The second-order valence-corrected chi connectivity index (χ2v) is 5.69. The third-order valence-electron chi connectivity index (χ3n) is 3.34. The molecule has 0 heterocycles. The molecular weight excluding hydrogens is 328 g/mol. The molecule has 2 atom stereocenters. The normalized spacial score (nSPS) is 13.2. The second-order valence-electron chi connectivity index (χ2n) is 4.78. The zero-order chi connectivity index (χ0) is 15.2. The first-order valence-corrected chi connectivity index (χ1v) is 7.48. The van der Waals surface area contributed by atoms with E-state index in [1.165, 1.54) is 0 Å². The largest absolute Gasteiger partial charge is 0.497 e. The first-order valence-electron chi connectivity index (χ1n) is 6.69. The van der Waals surface area contributed by atoms with Gasteiger partial charge in [0.15, 0.2) is 0 Å². The Labute approximate surface area is 133 Å². The Bertz CT molecular complexity index is 634. The van der Waals surface area contributed by atoms with Gasteiger partial charge in [0.25, 0.3) is 0 Å². The van der Waals surface area contributed by atoms with Gasteiger partial charge >= 0.3 is 0 Å². The number of halogens is 1. The van der Waals surface area contributed by atoms with E-state index in [0.717, 1.165) is 21.3 Å². The average Bonchev–Trinajstić information content (AvgIpc) is 2.52. The van der Waals surface area contributed by atoms with Gasteiger partial charge in [-0.15, -0.1) is 0 Å². The number of hydrogen-bond acceptors (Lipinski definition) is 3. The fourth-order valence-corrected chi connectivity index (χ4v) is 2.55. The lowest BCUT2D eigenvalue weighted by atomic mass is 10.0. The third kappa shape index (κ3) is 4.07. The van der Waals surface area contributed by atoms with E-state index >= 15 is 0 Å². The lowest BCUT2D eigenvalue weighted by molar-refractivity contribution is 0.414. The minimum atomic E-state index is -0.348. The molecule has 1 N–H and O–H groups in total. The van der Waals surface area contributed by atoms with Crippen molar-refractivity contribution in [3.05, 3.63) is 64.1 Å². The van der Waals surface area contributed by atoms with E-state index in [1.807, 2.05) is 55.5 Å². The molecule has 0 bridgehead atoms. The first kappa shape index (κ1) is 15.6. The zero-order valence-corrected chi connectivity index (χ0v) is 13.6. The predicted molar refractivity (Wildman–Crippen MR) is 87.0 cm³/mol. The van der Waals surface area contributed by atoms with E-state index < -0.39 is 0 Å². The Morgan fingerprint density at radius 3 is 2.43 bits per heavy atom. The highest BCUT2D eigenvalue weighted by Gasteiger charge is 2.15. The van der Waals surface area contributed by atoms with E-state index in [0.29, 0.717) is 0 Å². The smallest absolute Gasteiger partial charge is 0.121 e. The molecule has 0 spiro atoms. The Morgan fingerprint density at radius 2 is 1.86 bits per heavy atom. The van der Waals surface area contributed by atoms with Gasteiger partial charge < -0.3 is 4.74 Å². The number of hydrogen-bond donors (Lipinski definition) is 1. The van der Waals surface area contributed by atoms with E-state index in [4.69, 9.17) is 4.74 Å². The van der Waals surface area contributed by atoms with Crippen LogP contribution in [-0.2, 0) is 0 Å². The van der Waals surface area contributed by atoms with Crippen molar-refractivity contribution in [2.45, 2.75) is 19.0 Å². The second kappa shape index (κ2) is 7.26. The summed E-state index contributed by atoms with van der Waals surface area (Å²) in [7, 11) is 1.65. The molecule has 0 unspecified atom stereocenters. The van der Waals surface area contributed by atoms with Gasteiger partial charge in [-0.1, -0.05) is 40.2 Å². The lowest BCUT2D eigenvalue weighted by Gasteiger charge is -2.19. The predicted octanol–water partition coefficient (Wildman–Crippen LogP) is 4.37. The summed E-state index contributed by atoms with van der Waals surface area (Å²) in [6.45, 7) is 2.05. The van der Waals surface area contributed by atoms with Gasteiger partial charge in [-0.25, -0.2) is 0 Å². The minimum absolute atomic E-state index is 0.0690. The van der Waals surface area contributed by atoms with Crippen molar-refractivity contribution in [2.24, 2.45) is 0 Å². The van der Waals surface area contributed by atoms with Gasteiger partial charge in [0, 0.05) is 10.5 Å². The molecule has 3 nitrogen and oxygen atoms in total. The van der Waals surface area contributed by atoms with Gasteiger partial charge in [0.2, 0.25) is 0 Å². The molecule has 21 heavy (non-hydrogen) atoms. The maximum atomic E-state index is 9.40. The Morgan fingerprint density at radius 1 is 1.14 bits per heavy atom. The SMILES string of the molecule is COc1ccc([C@@H](C)N[C@@H](C#N)c2cccc(Br)c2)cc1. The summed E-state index contributed by atoms with van der Waals surface area (Å²) in [6, 6.07) is 17.7. The summed E-state index contributed by atoms with van der Waals surface area (Å²) >= 11 is 3.44. The summed E-state index contributed by atoms with van der Waals surface area (Å²) in [6.07, 6.45) is 0. The number of rotatable bonds is 5. The molecule has 2 rings (SSSR count). The van der Waals surface area contributed by atoms with E-state index in [-0.39, 0.29) is 12.1 Å². The molecule has 0 fully saturated rings. The number of benzene rings is 2. The Hall–Kier alpha value is -1.83. The monoisotopic (exact) mass is 344 g/mol. The number of nitriles is 1. The molecule has 2 aromatic rings. The van der Waals surface area contributed by atoms with Crippen LogP contribution in [0.2, 0.25) is 0 Å². The van der Waals surface area contributed by atoms with E-state index in [1.54, 1.807) is 7.11 Å². The molecule has 2 aromatic carbocycles. The van der Waals surface area contributed by atoms with Gasteiger partial charge in [-0.2, -0.15) is 5.26 Å². The minimum Gasteiger partial charge on any atom is -0.497 e. The van der Waals surface area contributed by atoms with Crippen molar-refractivity contribution in [1.29, 1.82) is 5.26 Å². The number of ether oxygens (including phenoxy) is 1. The van der Waals surface area contributed by atoms with Crippen LogP contribution in [0.25, 0.3) is 0 Å². The lowest BCUT2D eigenvalue weighted by Crippen LogP contribution is -2.23. The van der Waals surface area contributed by atoms with Crippen LogP contribution in [0, 0.1) is 11.3 Å². The van der Waals surface area contributed by atoms with Crippen LogP contribution >= 0.6 is 15.9 Å². The maximum Gasteiger partial charge on any atom is 0.121 e. The summed E-state index contributed by atoms with van der Waals surface area (Å²) in [5.74, 6) is 0.828. The van der Waals surface area contributed by atoms with Crippen LogP contribution < -0.4 is 10.1 Å². The molecule has 0 amide bonds. The summed E-state index contributed by atoms with van der Waals surface area (Å²) in [5.41, 5.74) is 2.07. The number of methoxy groups -OCH3 is 1. The van der Waals surface area contributed by atoms with Crippen LogP contribution in [0.15, 0.2) is 53.0 Å². The molecule has 0 aliphatic carbocycles. The highest BCUT2D eigenvalue weighted by Crippen LogP contribution is 2.23. The third-order valence-corrected chi connectivity index (χ3v) is 3.84. The molecule has 0 saturated carbocycles. The van der Waals surface area contributed by atoms with Crippen molar-refractivity contribution in [2.75, 3.05) is 7.11 Å². The first-order chi connectivity index (χ1) is 10.1. The standard InChI is InChI=1S/C17H17BrN2O/c1-12(13-6-8-16(21-2)9-7-13)20-17(11-19)14-4-3-5-15(18)10-14/h3-10,12,17,20H,1-2H3/t12-,17+/m1/s1. The van der Waals surface area contributed by atoms with Crippen LogP contribution in [0.3, 0.4) is 0 Å². The van der Waals surface area contributed by atoms with E-state index in [9.17, 15) is 5.26 Å². The highest BCUT2D eigenvalue weighted by molar-refractivity contribution is 9.10. The van der Waals surface area contributed by atoms with Crippen molar-refractivity contribution in [3.63, 3.8) is 0 Å². The fraction of sp³-hybridized carbons (Fsp3) is 0.235. The van der Waals surface area contributed by atoms with Gasteiger partial charge in [0.05, 0.1) is 13.2 Å². The molecule has 4 heteroatoms. The van der Waals surface area contributed by atoms with Gasteiger partial charge in [-0.3, -0.25) is 5.32 Å². The van der Waals surface area contributed by atoms with Crippen LogP contribution in [0.4, 0.5) is 0 Å². The Kier molecular flexibility index (Phi) is 5.38. The summed E-state index contributed by atoms with van der Waals surface area (Å²) in [4.78, 5) is 0. The highest BCUT2D eigenvalue weighted by atomic mass is 79.9. The van der Waals surface area contributed by atoms with Crippen molar-refractivity contribution < 1.29 is 4.74 Å². The molecule has 0 aliphatic heterocycles. The van der Waals surface area contributed by atoms with Gasteiger partial charge in [0.1, 0.15) is 11.8 Å². The number of nitrogens with one attached hydrogen (secondary N) is 1. The molecule has 0 saturated heterocycles.